The summed E-state index contributed by atoms with van der Waals surface area (Å²) in [5, 5.41) is 2.99. The number of rotatable bonds is 4. The van der Waals surface area contributed by atoms with Crippen molar-refractivity contribution >= 4 is 11.5 Å². The molecular formula is C11H18N4O3. The second kappa shape index (κ2) is 5.26. The lowest BCUT2D eigenvalue weighted by atomic mass is 10.1. The van der Waals surface area contributed by atoms with Crippen LogP contribution in [0.4, 0.5) is 11.5 Å². The van der Waals surface area contributed by atoms with Crippen LogP contribution in [0.2, 0.25) is 0 Å². The van der Waals surface area contributed by atoms with Gasteiger partial charge in [0.15, 0.2) is 0 Å². The van der Waals surface area contributed by atoms with Gasteiger partial charge in [-0.25, -0.2) is 4.79 Å². The Bertz CT molecular complexity index is 528. The second-order valence-corrected chi connectivity index (χ2v) is 4.52. The van der Waals surface area contributed by atoms with Crippen LogP contribution in [0.25, 0.3) is 0 Å². The molecule has 1 aromatic rings. The summed E-state index contributed by atoms with van der Waals surface area (Å²) >= 11 is 0. The summed E-state index contributed by atoms with van der Waals surface area (Å²) in [6.45, 7) is 2.23. The Kier molecular flexibility index (Phi) is 3.71. The SMILES string of the molecule is Cn1c(N)c(NCCC2CCOC2)c(=O)[nH]c1=O. The summed E-state index contributed by atoms with van der Waals surface area (Å²) in [6, 6.07) is 0. The third-order valence-electron chi connectivity index (χ3n) is 3.25. The van der Waals surface area contributed by atoms with Crippen molar-refractivity contribution in [2.24, 2.45) is 13.0 Å². The Morgan fingerprint density at radius 1 is 1.56 bits per heavy atom. The Balaban J connectivity index is 2.03. The van der Waals surface area contributed by atoms with Gasteiger partial charge >= 0.3 is 5.69 Å². The number of H-pyrrole nitrogens is 1. The summed E-state index contributed by atoms with van der Waals surface area (Å²) in [7, 11) is 1.52. The predicted octanol–water partition coefficient (Wildman–Crippen LogP) is -0.506. The first-order chi connectivity index (χ1) is 8.59. The van der Waals surface area contributed by atoms with Crippen molar-refractivity contribution in [2.75, 3.05) is 30.8 Å². The van der Waals surface area contributed by atoms with Gasteiger partial charge in [0.25, 0.3) is 5.56 Å². The van der Waals surface area contributed by atoms with E-state index in [9.17, 15) is 9.59 Å². The van der Waals surface area contributed by atoms with E-state index in [-0.39, 0.29) is 11.5 Å². The van der Waals surface area contributed by atoms with Gasteiger partial charge in [-0.15, -0.1) is 0 Å². The molecule has 0 bridgehead atoms. The molecule has 4 N–H and O–H groups in total. The number of hydrogen-bond acceptors (Lipinski definition) is 5. The van der Waals surface area contributed by atoms with E-state index in [2.05, 4.69) is 10.3 Å². The van der Waals surface area contributed by atoms with Gasteiger partial charge in [-0.1, -0.05) is 0 Å². The van der Waals surface area contributed by atoms with Crippen molar-refractivity contribution in [3.63, 3.8) is 0 Å². The fraction of sp³-hybridized carbons (Fsp3) is 0.636. The zero-order valence-electron chi connectivity index (χ0n) is 10.4. The molecule has 0 aliphatic carbocycles. The number of aromatic amines is 1. The number of aromatic nitrogens is 2. The van der Waals surface area contributed by atoms with E-state index in [0.717, 1.165) is 26.1 Å². The second-order valence-electron chi connectivity index (χ2n) is 4.52. The average molecular weight is 254 g/mol. The molecule has 0 amide bonds. The van der Waals surface area contributed by atoms with Crippen LogP contribution in [0, 0.1) is 5.92 Å². The highest BCUT2D eigenvalue weighted by Gasteiger charge is 2.16. The predicted molar refractivity (Wildman–Crippen MR) is 68.7 cm³/mol. The number of hydrogen-bond donors (Lipinski definition) is 3. The van der Waals surface area contributed by atoms with Crippen LogP contribution in [0.1, 0.15) is 12.8 Å². The number of anilines is 2. The fourth-order valence-electron chi connectivity index (χ4n) is 2.02. The van der Waals surface area contributed by atoms with Crippen molar-refractivity contribution in [1.29, 1.82) is 0 Å². The number of nitrogens with one attached hydrogen (secondary N) is 2. The maximum Gasteiger partial charge on any atom is 0.329 e. The van der Waals surface area contributed by atoms with E-state index in [1.54, 1.807) is 0 Å². The third kappa shape index (κ3) is 2.56. The molecular weight excluding hydrogens is 236 g/mol. The highest BCUT2D eigenvalue weighted by atomic mass is 16.5. The van der Waals surface area contributed by atoms with E-state index in [1.807, 2.05) is 0 Å². The first kappa shape index (κ1) is 12.7. The van der Waals surface area contributed by atoms with E-state index < -0.39 is 11.2 Å². The molecule has 1 aromatic heterocycles. The summed E-state index contributed by atoms with van der Waals surface area (Å²) in [5.74, 6) is 0.691. The minimum atomic E-state index is -0.507. The van der Waals surface area contributed by atoms with E-state index >= 15 is 0 Å². The van der Waals surface area contributed by atoms with Gasteiger partial charge in [0.2, 0.25) is 0 Å². The molecule has 0 aromatic carbocycles. The van der Waals surface area contributed by atoms with Crippen LogP contribution < -0.4 is 22.3 Å². The minimum Gasteiger partial charge on any atom is -0.383 e. The molecule has 0 radical (unpaired) electrons. The Morgan fingerprint density at radius 3 is 3.00 bits per heavy atom. The minimum absolute atomic E-state index is 0.159. The molecule has 1 aliphatic heterocycles. The summed E-state index contributed by atoms with van der Waals surface area (Å²) in [4.78, 5) is 25.1. The number of ether oxygens (including phenoxy) is 1. The molecule has 1 atom stereocenters. The van der Waals surface area contributed by atoms with Crippen LogP contribution >= 0.6 is 0 Å². The van der Waals surface area contributed by atoms with Crippen LogP contribution in [-0.2, 0) is 11.8 Å². The average Bonchev–Trinajstić information content (AvgIpc) is 2.84. The van der Waals surface area contributed by atoms with E-state index in [1.165, 1.54) is 11.6 Å². The van der Waals surface area contributed by atoms with Crippen LogP contribution in [0.5, 0.6) is 0 Å². The van der Waals surface area contributed by atoms with Gasteiger partial charge in [0, 0.05) is 26.8 Å². The molecule has 1 aliphatic rings. The Morgan fingerprint density at radius 2 is 2.33 bits per heavy atom. The molecule has 100 valence electrons. The lowest BCUT2D eigenvalue weighted by Gasteiger charge is -2.12. The lowest BCUT2D eigenvalue weighted by molar-refractivity contribution is 0.185. The summed E-state index contributed by atoms with van der Waals surface area (Å²) < 4.78 is 6.49. The van der Waals surface area contributed by atoms with Crippen LogP contribution in [0.3, 0.4) is 0 Å². The molecule has 7 heteroatoms. The molecule has 1 fully saturated rings. The van der Waals surface area contributed by atoms with Crippen molar-refractivity contribution < 1.29 is 4.74 Å². The zero-order chi connectivity index (χ0) is 13.1. The summed E-state index contributed by atoms with van der Waals surface area (Å²) in [6.07, 6.45) is 1.97. The fourth-order valence-corrected chi connectivity index (χ4v) is 2.02. The zero-order valence-corrected chi connectivity index (χ0v) is 10.4. The van der Waals surface area contributed by atoms with Gasteiger partial charge in [0.1, 0.15) is 11.5 Å². The van der Waals surface area contributed by atoms with Crippen molar-refractivity contribution in [3.8, 4) is 0 Å². The molecule has 18 heavy (non-hydrogen) atoms. The standard InChI is InChI=1S/C11H18N4O3/c1-15-9(12)8(10(16)14-11(15)17)13-4-2-7-3-5-18-6-7/h7,13H,2-6,12H2,1H3,(H,14,16,17). The highest BCUT2D eigenvalue weighted by molar-refractivity contribution is 5.60. The van der Waals surface area contributed by atoms with Crippen molar-refractivity contribution in [1.82, 2.24) is 9.55 Å². The van der Waals surface area contributed by atoms with Gasteiger partial charge in [-0.2, -0.15) is 0 Å². The molecule has 7 nitrogen and oxygen atoms in total. The van der Waals surface area contributed by atoms with Crippen LogP contribution in [-0.4, -0.2) is 29.3 Å². The van der Waals surface area contributed by atoms with Crippen molar-refractivity contribution in [2.45, 2.75) is 12.8 Å². The highest BCUT2D eigenvalue weighted by Crippen LogP contribution is 2.16. The first-order valence-corrected chi connectivity index (χ1v) is 6.00. The molecule has 2 rings (SSSR count). The van der Waals surface area contributed by atoms with Gasteiger partial charge in [-0.3, -0.25) is 14.3 Å². The Labute approximate surface area is 104 Å². The van der Waals surface area contributed by atoms with Crippen LogP contribution in [0.15, 0.2) is 9.59 Å². The summed E-state index contributed by atoms with van der Waals surface area (Å²) in [5.41, 5.74) is 5.01. The normalized spacial score (nSPS) is 19.1. The monoisotopic (exact) mass is 254 g/mol. The number of nitrogens with two attached hydrogens (primary N) is 1. The third-order valence-corrected chi connectivity index (χ3v) is 3.25. The molecule has 0 saturated carbocycles. The largest absolute Gasteiger partial charge is 0.383 e. The molecule has 1 unspecified atom stereocenters. The molecule has 2 heterocycles. The van der Waals surface area contributed by atoms with Gasteiger partial charge in [-0.05, 0) is 18.8 Å². The molecule has 0 spiro atoms. The number of nitrogen functional groups attached to an aromatic ring is 1. The maximum absolute atomic E-state index is 11.6. The van der Waals surface area contributed by atoms with E-state index in [0.29, 0.717) is 12.5 Å². The topological polar surface area (TPSA) is 102 Å². The lowest BCUT2D eigenvalue weighted by Crippen LogP contribution is -2.32. The Hall–Kier alpha value is -1.76. The van der Waals surface area contributed by atoms with Gasteiger partial charge < -0.3 is 15.8 Å². The maximum atomic E-state index is 11.6. The first-order valence-electron chi connectivity index (χ1n) is 6.00. The van der Waals surface area contributed by atoms with E-state index in [4.69, 9.17) is 10.5 Å². The van der Waals surface area contributed by atoms with Crippen molar-refractivity contribution in [3.05, 3.63) is 20.8 Å². The van der Waals surface area contributed by atoms with Gasteiger partial charge in [0.05, 0.1) is 0 Å². The molecule has 1 saturated heterocycles. The smallest absolute Gasteiger partial charge is 0.329 e. The number of nitrogens with zero attached hydrogens (tertiary/aromatic N) is 1. The quantitative estimate of drug-likeness (QED) is 0.672.